The van der Waals surface area contributed by atoms with Crippen molar-refractivity contribution < 1.29 is 23.9 Å². The third-order valence-corrected chi connectivity index (χ3v) is 3.90. The van der Waals surface area contributed by atoms with Crippen LogP contribution in [0.5, 0.6) is 5.75 Å². The summed E-state index contributed by atoms with van der Waals surface area (Å²) in [5.41, 5.74) is 2.02. The molecule has 0 radical (unpaired) electrons. The maximum Gasteiger partial charge on any atom is 0.338 e. The largest absolute Gasteiger partial charge is 0.452 e. The molecule has 0 saturated heterocycles. The maximum absolute atomic E-state index is 12.2. The van der Waals surface area contributed by atoms with Crippen molar-refractivity contribution in [1.29, 1.82) is 0 Å². The highest BCUT2D eigenvalue weighted by Crippen LogP contribution is 2.23. The summed E-state index contributed by atoms with van der Waals surface area (Å²) in [6.07, 6.45) is 0.804. The molecule has 0 fully saturated rings. The van der Waals surface area contributed by atoms with E-state index in [1.807, 2.05) is 19.9 Å². The Labute approximate surface area is 158 Å². The number of ether oxygens (including phenoxy) is 2. The van der Waals surface area contributed by atoms with E-state index in [0.29, 0.717) is 11.3 Å². The van der Waals surface area contributed by atoms with Gasteiger partial charge >= 0.3 is 11.9 Å². The van der Waals surface area contributed by atoms with Crippen LogP contribution in [0, 0.1) is 0 Å². The number of amides is 1. The molecule has 6 nitrogen and oxygen atoms in total. The second-order valence-electron chi connectivity index (χ2n) is 6.15. The van der Waals surface area contributed by atoms with Gasteiger partial charge in [-0.25, -0.2) is 4.79 Å². The lowest BCUT2D eigenvalue weighted by atomic mass is 10.0. The standard InChI is InChI=1S/C21H23NO5/c1-4-14(2)22-20(24)13-26-21(25)18-7-5-6-17(12-18)16-8-10-19(11-9-16)27-15(3)23/h5-12,14H,4,13H2,1-3H3,(H,22,24)/t14-/m0/s1. The normalized spacial score (nSPS) is 11.4. The zero-order valence-electron chi connectivity index (χ0n) is 15.7. The molecule has 27 heavy (non-hydrogen) atoms. The van der Waals surface area contributed by atoms with Crippen LogP contribution < -0.4 is 10.1 Å². The molecule has 0 saturated carbocycles. The van der Waals surface area contributed by atoms with Gasteiger partial charge in [-0.2, -0.15) is 0 Å². The molecule has 0 aliphatic rings. The lowest BCUT2D eigenvalue weighted by molar-refractivity contribution is -0.131. The molecule has 1 N–H and O–H groups in total. The predicted molar refractivity (Wildman–Crippen MR) is 101 cm³/mol. The average Bonchev–Trinajstić information content (AvgIpc) is 2.66. The summed E-state index contributed by atoms with van der Waals surface area (Å²) in [7, 11) is 0. The fourth-order valence-electron chi connectivity index (χ4n) is 2.34. The van der Waals surface area contributed by atoms with Crippen molar-refractivity contribution in [3.8, 4) is 16.9 Å². The molecule has 1 atom stereocenters. The first-order chi connectivity index (χ1) is 12.9. The minimum atomic E-state index is -0.562. The van der Waals surface area contributed by atoms with E-state index in [9.17, 15) is 14.4 Å². The summed E-state index contributed by atoms with van der Waals surface area (Å²) < 4.78 is 10.1. The molecule has 0 aromatic heterocycles. The van der Waals surface area contributed by atoms with E-state index in [0.717, 1.165) is 17.5 Å². The summed E-state index contributed by atoms with van der Waals surface area (Å²) in [4.78, 5) is 34.9. The van der Waals surface area contributed by atoms with Crippen LogP contribution in [0.3, 0.4) is 0 Å². The van der Waals surface area contributed by atoms with E-state index in [4.69, 9.17) is 9.47 Å². The monoisotopic (exact) mass is 369 g/mol. The number of rotatable bonds is 7. The number of carbonyl (C=O) groups is 3. The van der Waals surface area contributed by atoms with Crippen molar-refractivity contribution in [2.75, 3.05) is 6.61 Å². The van der Waals surface area contributed by atoms with Gasteiger partial charge in [0.1, 0.15) is 5.75 Å². The molecule has 2 aromatic rings. The number of esters is 2. The van der Waals surface area contributed by atoms with Crippen LogP contribution in [0.2, 0.25) is 0 Å². The molecule has 0 aliphatic heterocycles. The van der Waals surface area contributed by atoms with Crippen molar-refractivity contribution >= 4 is 17.8 Å². The van der Waals surface area contributed by atoms with Crippen molar-refractivity contribution in [2.45, 2.75) is 33.2 Å². The van der Waals surface area contributed by atoms with Gasteiger partial charge < -0.3 is 14.8 Å². The Kier molecular flexibility index (Phi) is 7.11. The van der Waals surface area contributed by atoms with Gasteiger partial charge in [0.2, 0.25) is 0 Å². The molecule has 142 valence electrons. The molecule has 2 aromatic carbocycles. The topological polar surface area (TPSA) is 81.7 Å². The van der Waals surface area contributed by atoms with Crippen molar-refractivity contribution in [3.63, 3.8) is 0 Å². The summed E-state index contributed by atoms with van der Waals surface area (Å²) in [5, 5.41) is 2.74. The Balaban J connectivity index is 2.02. The minimum absolute atomic E-state index is 0.0366. The smallest absolute Gasteiger partial charge is 0.338 e. The molecular weight excluding hydrogens is 346 g/mol. The number of hydrogen-bond donors (Lipinski definition) is 1. The Hall–Kier alpha value is -3.15. The van der Waals surface area contributed by atoms with Crippen LogP contribution in [0.1, 0.15) is 37.6 Å². The number of benzene rings is 2. The molecule has 0 heterocycles. The Morgan fingerprint density at radius 3 is 2.37 bits per heavy atom. The Bertz CT molecular complexity index is 814. The summed E-state index contributed by atoms with van der Waals surface area (Å²) in [5.74, 6) is -0.818. The van der Waals surface area contributed by atoms with Gasteiger partial charge in [-0.05, 0) is 48.7 Å². The second-order valence-corrected chi connectivity index (χ2v) is 6.15. The third kappa shape index (κ3) is 6.26. The van der Waals surface area contributed by atoms with Crippen LogP contribution in [0.4, 0.5) is 0 Å². The molecule has 0 spiro atoms. The van der Waals surface area contributed by atoms with E-state index in [2.05, 4.69) is 5.32 Å². The molecule has 2 rings (SSSR count). The van der Waals surface area contributed by atoms with E-state index < -0.39 is 5.97 Å². The second kappa shape index (κ2) is 9.52. The zero-order valence-corrected chi connectivity index (χ0v) is 15.7. The third-order valence-electron chi connectivity index (χ3n) is 3.90. The van der Waals surface area contributed by atoms with Gasteiger partial charge in [0.05, 0.1) is 5.56 Å². The van der Waals surface area contributed by atoms with Crippen LogP contribution in [-0.2, 0) is 14.3 Å². The highest BCUT2D eigenvalue weighted by molar-refractivity contribution is 5.92. The van der Waals surface area contributed by atoms with Gasteiger partial charge in [0.15, 0.2) is 6.61 Å². The Morgan fingerprint density at radius 2 is 1.74 bits per heavy atom. The van der Waals surface area contributed by atoms with E-state index in [-0.39, 0.29) is 24.5 Å². The summed E-state index contributed by atoms with van der Waals surface area (Å²) in [6, 6.07) is 13.9. The SMILES string of the molecule is CC[C@H](C)NC(=O)COC(=O)c1cccc(-c2ccc(OC(C)=O)cc2)c1. The predicted octanol–water partition coefficient (Wildman–Crippen LogP) is 3.35. The first kappa shape index (κ1) is 20.2. The number of hydrogen-bond acceptors (Lipinski definition) is 5. The first-order valence-corrected chi connectivity index (χ1v) is 8.74. The molecule has 0 aliphatic carbocycles. The maximum atomic E-state index is 12.2. The lowest BCUT2D eigenvalue weighted by Crippen LogP contribution is -2.35. The molecular formula is C21H23NO5. The lowest BCUT2D eigenvalue weighted by Gasteiger charge is -2.11. The van der Waals surface area contributed by atoms with Crippen molar-refractivity contribution in [2.24, 2.45) is 0 Å². The number of carbonyl (C=O) groups excluding carboxylic acids is 3. The fraction of sp³-hybridized carbons (Fsp3) is 0.286. The Morgan fingerprint density at radius 1 is 1.04 bits per heavy atom. The van der Waals surface area contributed by atoms with Crippen molar-refractivity contribution in [3.05, 3.63) is 54.1 Å². The van der Waals surface area contributed by atoms with Crippen LogP contribution >= 0.6 is 0 Å². The van der Waals surface area contributed by atoms with Gasteiger partial charge in [-0.15, -0.1) is 0 Å². The molecule has 0 unspecified atom stereocenters. The highest BCUT2D eigenvalue weighted by atomic mass is 16.5. The average molecular weight is 369 g/mol. The van der Waals surface area contributed by atoms with E-state index in [1.165, 1.54) is 6.92 Å². The minimum Gasteiger partial charge on any atom is -0.452 e. The summed E-state index contributed by atoms with van der Waals surface area (Å²) in [6.45, 7) is 4.87. The molecule has 0 bridgehead atoms. The van der Waals surface area contributed by atoms with E-state index >= 15 is 0 Å². The molecule has 1 amide bonds. The highest BCUT2D eigenvalue weighted by Gasteiger charge is 2.12. The van der Waals surface area contributed by atoms with Crippen LogP contribution in [0.15, 0.2) is 48.5 Å². The van der Waals surface area contributed by atoms with E-state index in [1.54, 1.807) is 42.5 Å². The van der Waals surface area contributed by atoms with Crippen molar-refractivity contribution in [1.82, 2.24) is 5.32 Å². The van der Waals surface area contributed by atoms with Gasteiger partial charge in [0, 0.05) is 13.0 Å². The number of nitrogens with one attached hydrogen (secondary N) is 1. The quantitative estimate of drug-likeness (QED) is 0.598. The zero-order chi connectivity index (χ0) is 19.8. The summed E-state index contributed by atoms with van der Waals surface area (Å²) >= 11 is 0. The van der Waals surface area contributed by atoms with Gasteiger partial charge in [-0.3, -0.25) is 9.59 Å². The van der Waals surface area contributed by atoms with Gasteiger partial charge in [-0.1, -0.05) is 31.2 Å². The first-order valence-electron chi connectivity index (χ1n) is 8.74. The fourth-order valence-corrected chi connectivity index (χ4v) is 2.34. The van der Waals surface area contributed by atoms with Crippen LogP contribution in [-0.4, -0.2) is 30.5 Å². The van der Waals surface area contributed by atoms with Crippen LogP contribution in [0.25, 0.3) is 11.1 Å². The molecule has 6 heteroatoms. The van der Waals surface area contributed by atoms with Gasteiger partial charge in [0.25, 0.3) is 5.91 Å².